The largest absolute Gasteiger partial charge is 0.380 e. The van der Waals surface area contributed by atoms with E-state index in [2.05, 4.69) is 10.6 Å². The predicted molar refractivity (Wildman–Crippen MR) is 71.4 cm³/mol. The van der Waals surface area contributed by atoms with Crippen molar-refractivity contribution in [2.45, 2.75) is 32.4 Å². The molecule has 0 amide bonds. The van der Waals surface area contributed by atoms with Crippen molar-refractivity contribution < 1.29 is 13.5 Å². The summed E-state index contributed by atoms with van der Waals surface area (Å²) < 4.78 is 32.5. The molecule has 3 nitrogen and oxygen atoms in total. The molecule has 1 aliphatic rings. The summed E-state index contributed by atoms with van der Waals surface area (Å²) in [6, 6.07) is 2.73. The molecule has 2 unspecified atom stereocenters. The SMILES string of the molecule is Cc1cc(F)c(NC(C)CC2COCCN2)cc1F. The minimum Gasteiger partial charge on any atom is -0.380 e. The van der Waals surface area contributed by atoms with Crippen LogP contribution in [0.15, 0.2) is 12.1 Å². The Morgan fingerprint density at radius 3 is 2.89 bits per heavy atom. The Kier molecular flexibility index (Phi) is 4.71. The van der Waals surface area contributed by atoms with E-state index in [-0.39, 0.29) is 17.8 Å². The summed E-state index contributed by atoms with van der Waals surface area (Å²) in [5.41, 5.74) is 0.533. The van der Waals surface area contributed by atoms with Gasteiger partial charge in [-0.1, -0.05) is 0 Å². The number of morpholine rings is 1. The monoisotopic (exact) mass is 270 g/mol. The summed E-state index contributed by atoms with van der Waals surface area (Å²) in [4.78, 5) is 0. The molecular weight excluding hydrogens is 250 g/mol. The lowest BCUT2D eigenvalue weighted by atomic mass is 10.1. The van der Waals surface area contributed by atoms with Crippen LogP contribution in [0.4, 0.5) is 14.5 Å². The molecule has 1 aromatic rings. The Bertz CT molecular complexity index is 434. The van der Waals surface area contributed by atoms with Gasteiger partial charge in [0.05, 0.1) is 18.9 Å². The maximum absolute atomic E-state index is 13.7. The lowest BCUT2D eigenvalue weighted by Gasteiger charge is -2.27. The van der Waals surface area contributed by atoms with Crippen molar-refractivity contribution in [1.29, 1.82) is 0 Å². The maximum Gasteiger partial charge on any atom is 0.146 e. The average molecular weight is 270 g/mol. The minimum absolute atomic E-state index is 0.0378. The van der Waals surface area contributed by atoms with Gasteiger partial charge in [-0.2, -0.15) is 0 Å². The molecule has 106 valence electrons. The molecule has 5 heteroatoms. The van der Waals surface area contributed by atoms with Crippen LogP contribution >= 0.6 is 0 Å². The number of hydrogen-bond donors (Lipinski definition) is 2. The number of halogens is 2. The molecule has 0 saturated carbocycles. The van der Waals surface area contributed by atoms with Crippen LogP contribution in [0.5, 0.6) is 0 Å². The van der Waals surface area contributed by atoms with Gasteiger partial charge in [-0.25, -0.2) is 8.78 Å². The highest BCUT2D eigenvalue weighted by atomic mass is 19.1. The third-order valence-corrected chi connectivity index (χ3v) is 3.29. The van der Waals surface area contributed by atoms with E-state index < -0.39 is 11.6 Å². The first-order valence-corrected chi connectivity index (χ1v) is 6.59. The van der Waals surface area contributed by atoms with Crippen LogP contribution in [-0.4, -0.2) is 31.8 Å². The van der Waals surface area contributed by atoms with E-state index in [9.17, 15) is 8.78 Å². The van der Waals surface area contributed by atoms with Gasteiger partial charge in [-0.3, -0.25) is 0 Å². The zero-order chi connectivity index (χ0) is 13.8. The van der Waals surface area contributed by atoms with Crippen LogP contribution in [-0.2, 0) is 4.74 Å². The fourth-order valence-corrected chi connectivity index (χ4v) is 2.28. The highest BCUT2D eigenvalue weighted by Gasteiger charge is 2.17. The number of anilines is 1. The second kappa shape index (κ2) is 6.30. The van der Waals surface area contributed by atoms with E-state index in [0.29, 0.717) is 12.2 Å². The number of rotatable bonds is 4. The lowest BCUT2D eigenvalue weighted by molar-refractivity contribution is 0.0731. The Morgan fingerprint density at radius 2 is 2.21 bits per heavy atom. The summed E-state index contributed by atoms with van der Waals surface area (Å²) in [5.74, 6) is -0.811. The molecule has 0 spiro atoms. The topological polar surface area (TPSA) is 33.3 Å². The highest BCUT2D eigenvalue weighted by molar-refractivity contribution is 5.47. The third-order valence-electron chi connectivity index (χ3n) is 3.29. The molecule has 2 N–H and O–H groups in total. The zero-order valence-corrected chi connectivity index (χ0v) is 11.3. The van der Waals surface area contributed by atoms with Gasteiger partial charge in [0.1, 0.15) is 11.6 Å². The van der Waals surface area contributed by atoms with Crippen LogP contribution in [0.2, 0.25) is 0 Å². The molecule has 2 atom stereocenters. The standard InChI is InChI=1S/C14H20F2N2O/c1-9-5-13(16)14(7-12(9)15)18-10(2)6-11-8-19-4-3-17-11/h5,7,10-11,17-18H,3-4,6,8H2,1-2H3. The maximum atomic E-state index is 13.7. The molecule has 1 saturated heterocycles. The van der Waals surface area contributed by atoms with Crippen LogP contribution in [0, 0.1) is 18.6 Å². The average Bonchev–Trinajstić information content (AvgIpc) is 2.37. The van der Waals surface area contributed by atoms with Crippen molar-refractivity contribution >= 4 is 5.69 Å². The van der Waals surface area contributed by atoms with Crippen LogP contribution in [0.3, 0.4) is 0 Å². The molecule has 19 heavy (non-hydrogen) atoms. The van der Waals surface area contributed by atoms with E-state index >= 15 is 0 Å². The molecule has 0 aliphatic carbocycles. The van der Waals surface area contributed by atoms with Gasteiger partial charge in [0, 0.05) is 24.7 Å². The zero-order valence-electron chi connectivity index (χ0n) is 11.3. The number of aryl methyl sites for hydroxylation is 1. The van der Waals surface area contributed by atoms with E-state index in [1.165, 1.54) is 12.1 Å². The van der Waals surface area contributed by atoms with Crippen molar-refractivity contribution in [2.75, 3.05) is 25.1 Å². The second-order valence-electron chi connectivity index (χ2n) is 5.09. The van der Waals surface area contributed by atoms with E-state index in [4.69, 9.17) is 4.74 Å². The molecule has 0 radical (unpaired) electrons. The van der Waals surface area contributed by atoms with E-state index in [1.54, 1.807) is 6.92 Å². The first-order valence-electron chi connectivity index (χ1n) is 6.59. The predicted octanol–water partition coefficient (Wildman–Crippen LogP) is 2.45. The van der Waals surface area contributed by atoms with E-state index in [0.717, 1.165) is 19.6 Å². The van der Waals surface area contributed by atoms with Gasteiger partial charge < -0.3 is 15.4 Å². The molecule has 0 bridgehead atoms. The van der Waals surface area contributed by atoms with Gasteiger partial charge in [0.15, 0.2) is 0 Å². The first kappa shape index (κ1) is 14.2. The van der Waals surface area contributed by atoms with Gasteiger partial charge in [-0.15, -0.1) is 0 Å². The summed E-state index contributed by atoms with van der Waals surface area (Å²) >= 11 is 0. The van der Waals surface area contributed by atoms with Crippen LogP contribution < -0.4 is 10.6 Å². The smallest absolute Gasteiger partial charge is 0.146 e. The van der Waals surface area contributed by atoms with Gasteiger partial charge in [0.2, 0.25) is 0 Å². The summed E-state index contributed by atoms with van der Waals surface area (Å²) in [6.45, 7) is 5.74. The molecule has 0 aromatic heterocycles. The van der Waals surface area contributed by atoms with Crippen molar-refractivity contribution in [1.82, 2.24) is 5.32 Å². The fraction of sp³-hybridized carbons (Fsp3) is 0.571. The Morgan fingerprint density at radius 1 is 1.42 bits per heavy atom. The minimum atomic E-state index is -0.418. The molecule has 1 aliphatic heterocycles. The summed E-state index contributed by atoms with van der Waals surface area (Å²) in [7, 11) is 0. The van der Waals surface area contributed by atoms with Crippen LogP contribution in [0.1, 0.15) is 18.9 Å². The van der Waals surface area contributed by atoms with E-state index in [1.807, 2.05) is 6.92 Å². The normalized spacial score (nSPS) is 21.2. The lowest BCUT2D eigenvalue weighted by Crippen LogP contribution is -2.43. The summed E-state index contributed by atoms with van der Waals surface area (Å²) in [5, 5.41) is 6.35. The third kappa shape index (κ3) is 3.88. The Labute approximate surface area is 112 Å². The molecule has 1 heterocycles. The Balaban J connectivity index is 1.94. The molecule has 1 fully saturated rings. The quantitative estimate of drug-likeness (QED) is 0.881. The van der Waals surface area contributed by atoms with Gasteiger partial charge >= 0.3 is 0 Å². The molecular formula is C14H20F2N2O. The van der Waals surface area contributed by atoms with Crippen molar-refractivity contribution in [3.63, 3.8) is 0 Å². The Hall–Kier alpha value is -1.20. The fourth-order valence-electron chi connectivity index (χ4n) is 2.28. The van der Waals surface area contributed by atoms with Crippen molar-refractivity contribution in [3.8, 4) is 0 Å². The molecule has 1 aromatic carbocycles. The molecule has 2 rings (SSSR count). The van der Waals surface area contributed by atoms with Crippen molar-refractivity contribution in [3.05, 3.63) is 29.3 Å². The van der Waals surface area contributed by atoms with Gasteiger partial charge in [-0.05, 0) is 31.9 Å². The number of nitrogens with one attached hydrogen (secondary N) is 2. The summed E-state index contributed by atoms with van der Waals surface area (Å²) in [6.07, 6.45) is 0.801. The van der Waals surface area contributed by atoms with Gasteiger partial charge in [0.25, 0.3) is 0 Å². The van der Waals surface area contributed by atoms with Crippen molar-refractivity contribution in [2.24, 2.45) is 0 Å². The number of hydrogen-bond acceptors (Lipinski definition) is 3. The second-order valence-corrected chi connectivity index (χ2v) is 5.09. The number of ether oxygens (including phenoxy) is 1. The first-order chi connectivity index (χ1) is 9.06. The van der Waals surface area contributed by atoms with Crippen LogP contribution in [0.25, 0.3) is 0 Å². The number of benzene rings is 1. The highest BCUT2D eigenvalue weighted by Crippen LogP contribution is 2.20.